The molecule has 2 fully saturated rings. The van der Waals surface area contributed by atoms with Gasteiger partial charge in [0.1, 0.15) is 6.04 Å². The molecule has 4 atom stereocenters. The number of nitrogens with zero attached hydrogens (tertiary/aromatic N) is 3. The van der Waals surface area contributed by atoms with Gasteiger partial charge in [-0.3, -0.25) is 4.48 Å². The van der Waals surface area contributed by atoms with Crippen LogP contribution in [0.15, 0.2) is 20.8 Å². The van der Waals surface area contributed by atoms with Crippen molar-refractivity contribution in [1.82, 2.24) is 5.32 Å². The van der Waals surface area contributed by atoms with Crippen LogP contribution in [0.1, 0.15) is 25.7 Å². The third kappa shape index (κ3) is 1.17. The topological polar surface area (TPSA) is 36.8 Å². The summed E-state index contributed by atoms with van der Waals surface area (Å²) in [4.78, 5) is 8.61. The summed E-state index contributed by atoms with van der Waals surface area (Å²) >= 11 is 6.12. The third-order valence-corrected chi connectivity index (χ3v) is 5.10. The van der Waals surface area contributed by atoms with Crippen LogP contribution in [0.5, 0.6) is 0 Å². The third-order valence-electron chi connectivity index (χ3n) is 4.81. The number of halogens is 1. The second kappa shape index (κ2) is 3.33. The Kier molecular flexibility index (Phi) is 1.97. The smallest absolute Gasteiger partial charge is 0.215 e. The normalized spacial score (nSPS) is 46.5. The van der Waals surface area contributed by atoms with E-state index in [-0.39, 0.29) is 6.17 Å². The summed E-state index contributed by atoms with van der Waals surface area (Å²) in [6.07, 6.45) is 9.55. The molecule has 4 aliphatic rings. The van der Waals surface area contributed by atoms with Crippen molar-refractivity contribution in [3.8, 4) is 0 Å². The lowest BCUT2D eigenvalue weighted by Crippen LogP contribution is -2.75. The minimum atomic E-state index is 0.222. The molecule has 0 radical (unpaired) electrons. The van der Waals surface area contributed by atoms with Crippen molar-refractivity contribution in [3.63, 3.8) is 0 Å². The van der Waals surface area contributed by atoms with E-state index in [1.54, 1.807) is 6.34 Å². The molecule has 4 rings (SSSR count). The Labute approximate surface area is 106 Å². The lowest BCUT2D eigenvalue weighted by atomic mass is 9.74. The van der Waals surface area contributed by atoms with Crippen LogP contribution < -0.4 is 5.32 Å². The van der Waals surface area contributed by atoms with Crippen LogP contribution in [0, 0.1) is 5.92 Å². The van der Waals surface area contributed by atoms with Crippen LogP contribution in [-0.2, 0) is 0 Å². The second-order valence-corrected chi connectivity index (χ2v) is 5.90. The number of quaternary nitrogens is 1. The standard InChI is InChI=1S/C12H16ClN4/c13-11-10-12(15-6-14-11)17(7-16-10)5-8-3-1-2-4-9(8)17/h6-9,12H,1-5H2,(H,14,15)/q+1/t8?,9-,12?,17?/m0/s1. The van der Waals surface area contributed by atoms with E-state index >= 15 is 0 Å². The number of hydrogen-bond acceptors (Lipinski definition) is 3. The quantitative estimate of drug-likeness (QED) is 0.517. The molecule has 0 amide bonds. The zero-order valence-electron chi connectivity index (χ0n) is 9.64. The monoisotopic (exact) mass is 251 g/mol. The van der Waals surface area contributed by atoms with E-state index in [1.807, 2.05) is 0 Å². The van der Waals surface area contributed by atoms with E-state index in [1.165, 1.54) is 32.2 Å². The van der Waals surface area contributed by atoms with E-state index in [0.717, 1.165) is 22.1 Å². The fourth-order valence-electron chi connectivity index (χ4n) is 4.02. The van der Waals surface area contributed by atoms with E-state index in [2.05, 4.69) is 21.6 Å². The van der Waals surface area contributed by atoms with E-state index < -0.39 is 0 Å². The fourth-order valence-corrected chi connectivity index (χ4v) is 4.22. The van der Waals surface area contributed by atoms with Crippen molar-refractivity contribution < 1.29 is 4.48 Å². The average Bonchev–Trinajstić information content (AvgIpc) is 2.71. The van der Waals surface area contributed by atoms with Gasteiger partial charge >= 0.3 is 0 Å². The molecule has 1 saturated heterocycles. The molecule has 1 saturated carbocycles. The summed E-state index contributed by atoms with van der Waals surface area (Å²) < 4.78 is 0.974. The SMILES string of the molecule is ClC1=C2N=C[N+]3(CC4CCCC[C@@H]43)C2NC=N1. The predicted octanol–water partition coefficient (Wildman–Crippen LogP) is 1.78. The Morgan fingerprint density at radius 2 is 2.18 bits per heavy atom. The molecular weight excluding hydrogens is 236 g/mol. The van der Waals surface area contributed by atoms with Crippen LogP contribution in [0.2, 0.25) is 0 Å². The van der Waals surface area contributed by atoms with Crippen LogP contribution in [0.4, 0.5) is 0 Å². The van der Waals surface area contributed by atoms with Crippen LogP contribution in [-0.4, -0.2) is 35.9 Å². The van der Waals surface area contributed by atoms with Gasteiger partial charge in [0.05, 0.1) is 18.8 Å². The summed E-state index contributed by atoms with van der Waals surface area (Å²) in [5.41, 5.74) is 0.929. The Balaban J connectivity index is 1.69. The van der Waals surface area contributed by atoms with Crippen molar-refractivity contribution in [3.05, 3.63) is 10.9 Å². The van der Waals surface area contributed by atoms with Crippen LogP contribution in [0.25, 0.3) is 0 Å². The molecule has 90 valence electrons. The largest absolute Gasteiger partial charge is 0.321 e. The lowest BCUT2D eigenvalue weighted by Gasteiger charge is -2.57. The number of rotatable bonds is 0. The van der Waals surface area contributed by atoms with E-state index in [9.17, 15) is 0 Å². The Morgan fingerprint density at radius 3 is 3.06 bits per heavy atom. The Morgan fingerprint density at radius 1 is 1.29 bits per heavy atom. The molecule has 4 nitrogen and oxygen atoms in total. The number of nitrogens with one attached hydrogen (secondary N) is 1. The molecule has 0 aromatic rings. The molecule has 0 aromatic carbocycles. The first kappa shape index (κ1) is 10.1. The molecule has 3 aliphatic heterocycles. The van der Waals surface area contributed by atoms with Crippen molar-refractivity contribution in [2.45, 2.75) is 37.9 Å². The second-order valence-electron chi connectivity index (χ2n) is 5.54. The summed E-state index contributed by atoms with van der Waals surface area (Å²) in [6.45, 7) is 1.22. The van der Waals surface area contributed by atoms with Gasteiger partial charge in [-0.2, -0.15) is 4.99 Å². The summed E-state index contributed by atoms with van der Waals surface area (Å²) in [5.74, 6) is 0.897. The van der Waals surface area contributed by atoms with Gasteiger partial charge in [-0.15, -0.1) is 0 Å². The molecule has 1 aliphatic carbocycles. The van der Waals surface area contributed by atoms with Gasteiger partial charge in [0.2, 0.25) is 6.17 Å². The lowest BCUT2D eigenvalue weighted by molar-refractivity contribution is -0.934. The molecular formula is C12H16ClN4+. The average molecular weight is 252 g/mol. The first-order valence-electron chi connectivity index (χ1n) is 6.42. The first-order valence-corrected chi connectivity index (χ1v) is 6.80. The molecule has 1 N–H and O–H groups in total. The zero-order valence-corrected chi connectivity index (χ0v) is 10.4. The number of hydrogen-bond donors (Lipinski definition) is 1. The molecule has 5 heteroatoms. The molecule has 0 aromatic heterocycles. The van der Waals surface area contributed by atoms with Gasteiger partial charge in [0, 0.05) is 6.42 Å². The summed E-state index contributed by atoms with van der Waals surface area (Å²) in [6, 6.07) is 0.749. The Hall–Kier alpha value is -0.870. The van der Waals surface area contributed by atoms with E-state index in [0.29, 0.717) is 5.16 Å². The first-order chi connectivity index (χ1) is 8.31. The molecule has 3 heterocycles. The summed E-state index contributed by atoms with van der Waals surface area (Å²) in [5, 5.41) is 3.91. The van der Waals surface area contributed by atoms with Crippen molar-refractivity contribution in [2.24, 2.45) is 15.9 Å². The van der Waals surface area contributed by atoms with Crippen molar-refractivity contribution in [2.75, 3.05) is 6.54 Å². The van der Waals surface area contributed by atoms with Crippen molar-refractivity contribution >= 4 is 24.3 Å². The van der Waals surface area contributed by atoms with Gasteiger partial charge in [-0.1, -0.05) is 18.0 Å². The highest BCUT2D eigenvalue weighted by atomic mass is 35.5. The maximum absolute atomic E-state index is 6.12. The van der Waals surface area contributed by atoms with Gasteiger partial charge < -0.3 is 5.32 Å². The van der Waals surface area contributed by atoms with Gasteiger partial charge in [-0.05, 0) is 12.8 Å². The molecule has 0 bridgehead atoms. The molecule has 3 unspecified atom stereocenters. The minimum absolute atomic E-state index is 0.222. The highest BCUT2D eigenvalue weighted by molar-refractivity contribution is 6.30. The van der Waals surface area contributed by atoms with Crippen LogP contribution >= 0.6 is 11.6 Å². The highest BCUT2D eigenvalue weighted by Crippen LogP contribution is 2.48. The maximum Gasteiger partial charge on any atom is 0.215 e. The van der Waals surface area contributed by atoms with Crippen molar-refractivity contribution in [1.29, 1.82) is 0 Å². The summed E-state index contributed by atoms with van der Waals surface area (Å²) in [7, 11) is 0. The fraction of sp³-hybridized carbons (Fsp3) is 0.667. The molecule has 17 heavy (non-hydrogen) atoms. The van der Waals surface area contributed by atoms with Gasteiger partial charge in [0.25, 0.3) is 0 Å². The van der Waals surface area contributed by atoms with Gasteiger partial charge in [-0.25, -0.2) is 4.99 Å². The molecule has 1 spiro atoms. The maximum atomic E-state index is 6.12. The zero-order chi connectivity index (χ0) is 11.5. The minimum Gasteiger partial charge on any atom is -0.321 e. The number of fused-ring (bicyclic) bond motifs is 4. The van der Waals surface area contributed by atoms with Crippen LogP contribution in [0.3, 0.4) is 0 Å². The van der Waals surface area contributed by atoms with E-state index in [4.69, 9.17) is 11.6 Å². The number of aliphatic imine (C=N–C) groups is 2. The van der Waals surface area contributed by atoms with Gasteiger partial charge in [0.15, 0.2) is 17.2 Å². The highest BCUT2D eigenvalue weighted by Gasteiger charge is 2.61. The Bertz CT molecular complexity index is 455. The predicted molar refractivity (Wildman–Crippen MR) is 67.7 cm³/mol.